The summed E-state index contributed by atoms with van der Waals surface area (Å²) in [5.41, 5.74) is 0.701. The number of nitrogens with one attached hydrogen (secondary N) is 1. The molecular weight excluding hydrogens is 322 g/mol. The highest BCUT2D eigenvalue weighted by molar-refractivity contribution is 5.96. The Kier molecular flexibility index (Phi) is 6.00. The number of aliphatic hydroxyl groups excluding tert-OH is 1. The van der Waals surface area contributed by atoms with Crippen LogP contribution in [0.15, 0.2) is 18.2 Å². The summed E-state index contributed by atoms with van der Waals surface area (Å²) in [5.74, 6) is -0.403. The van der Waals surface area contributed by atoms with E-state index in [2.05, 4.69) is 5.32 Å². The number of anilines is 1. The molecule has 138 valence electrons. The summed E-state index contributed by atoms with van der Waals surface area (Å²) in [6, 6.07) is 4.20. The van der Waals surface area contributed by atoms with Crippen molar-refractivity contribution in [2.24, 2.45) is 5.41 Å². The standard InChI is InChI=1S/C18H27N3O4/c1-18(2,3)11-14(12-22)19-17(23)13-6-7-15(16(10-13)21(24)25)20-8-4-5-9-20/h6-7,10,14,22H,4-5,8-9,11-12H2,1-3H3,(H,19,23). The summed E-state index contributed by atoms with van der Waals surface area (Å²) in [6.45, 7) is 7.50. The third-order valence-corrected chi connectivity index (χ3v) is 4.30. The molecule has 7 heteroatoms. The van der Waals surface area contributed by atoms with Gasteiger partial charge in [-0.3, -0.25) is 14.9 Å². The largest absolute Gasteiger partial charge is 0.394 e. The second-order valence-corrected chi connectivity index (χ2v) is 7.77. The zero-order chi connectivity index (χ0) is 18.6. The average molecular weight is 349 g/mol. The lowest BCUT2D eigenvalue weighted by Gasteiger charge is -2.25. The van der Waals surface area contributed by atoms with Gasteiger partial charge in [-0.25, -0.2) is 0 Å². The number of carbonyl (C=O) groups is 1. The second kappa shape index (κ2) is 7.82. The van der Waals surface area contributed by atoms with Gasteiger partial charge < -0.3 is 15.3 Å². The van der Waals surface area contributed by atoms with Crippen LogP contribution in [0.2, 0.25) is 0 Å². The van der Waals surface area contributed by atoms with Crippen LogP contribution in [0, 0.1) is 15.5 Å². The Labute approximate surface area is 148 Å². The van der Waals surface area contributed by atoms with Gasteiger partial charge in [-0.2, -0.15) is 0 Å². The minimum absolute atomic E-state index is 0.0493. The number of amides is 1. The Hall–Kier alpha value is -2.15. The topological polar surface area (TPSA) is 95.7 Å². The molecule has 1 aromatic rings. The normalized spacial score (nSPS) is 15.9. The first-order valence-corrected chi connectivity index (χ1v) is 8.66. The van der Waals surface area contributed by atoms with Crippen molar-refractivity contribution < 1.29 is 14.8 Å². The molecule has 7 nitrogen and oxygen atoms in total. The Bertz CT molecular complexity index is 634. The van der Waals surface area contributed by atoms with E-state index in [0.717, 1.165) is 25.9 Å². The lowest BCUT2D eigenvalue weighted by molar-refractivity contribution is -0.384. The number of nitrogens with zero attached hydrogens (tertiary/aromatic N) is 2. The van der Waals surface area contributed by atoms with Crippen molar-refractivity contribution in [3.05, 3.63) is 33.9 Å². The number of carbonyl (C=O) groups excluding carboxylic acids is 1. The van der Waals surface area contributed by atoms with Crippen LogP contribution in [0.25, 0.3) is 0 Å². The summed E-state index contributed by atoms with van der Waals surface area (Å²) < 4.78 is 0. The highest BCUT2D eigenvalue weighted by Gasteiger charge is 2.25. The van der Waals surface area contributed by atoms with Crippen LogP contribution >= 0.6 is 0 Å². The fourth-order valence-corrected chi connectivity index (χ4v) is 3.21. The Morgan fingerprint density at radius 2 is 2.00 bits per heavy atom. The Morgan fingerprint density at radius 3 is 2.52 bits per heavy atom. The SMILES string of the molecule is CC(C)(C)CC(CO)NC(=O)c1ccc(N2CCCC2)c([N+](=O)[O-])c1. The molecule has 0 aromatic heterocycles. The van der Waals surface area contributed by atoms with E-state index in [1.54, 1.807) is 12.1 Å². The highest BCUT2D eigenvalue weighted by Crippen LogP contribution is 2.31. The Morgan fingerprint density at radius 1 is 1.36 bits per heavy atom. The second-order valence-electron chi connectivity index (χ2n) is 7.77. The smallest absolute Gasteiger partial charge is 0.293 e. The van der Waals surface area contributed by atoms with Crippen LogP contribution in [0.4, 0.5) is 11.4 Å². The molecule has 0 saturated carbocycles. The zero-order valence-corrected chi connectivity index (χ0v) is 15.1. The number of nitro benzene ring substituents is 1. The van der Waals surface area contributed by atoms with E-state index in [0.29, 0.717) is 12.1 Å². The maximum Gasteiger partial charge on any atom is 0.293 e. The quantitative estimate of drug-likeness (QED) is 0.608. The summed E-state index contributed by atoms with van der Waals surface area (Å²) >= 11 is 0. The van der Waals surface area contributed by atoms with Gasteiger partial charge in [-0.05, 0) is 36.8 Å². The van der Waals surface area contributed by atoms with E-state index < -0.39 is 10.8 Å². The zero-order valence-electron chi connectivity index (χ0n) is 15.1. The van der Waals surface area contributed by atoms with E-state index in [9.17, 15) is 20.0 Å². The number of nitro groups is 1. The van der Waals surface area contributed by atoms with Crippen molar-refractivity contribution in [1.29, 1.82) is 0 Å². The van der Waals surface area contributed by atoms with Gasteiger partial charge in [0.1, 0.15) is 5.69 Å². The van der Waals surface area contributed by atoms with Crippen molar-refractivity contribution in [2.45, 2.75) is 46.1 Å². The van der Waals surface area contributed by atoms with E-state index >= 15 is 0 Å². The van der Waals surface area contributed by atoms with E-state index in [1.807, 2.05) is 25.7 Å². The van der Waals surface area contributed by atoms with Crippen molar-refractivity contribution in [3.63, 3.8) is 0 Å². The molecular formula is C18H27N3O4. The first-order valence-electron chi connectivity index (χ1n) is 8.66. The van der Waals surface area contributed by atoms with Crippen LogP contribution in [0.5, 0.6) is 0 Å². The van der Waals surface area contributed by atoms with Crippen molar-refractivity contribution >= 4 is 17.3 Å². The summed E-state index contributed by atoms with van der Waals surface area (Å²) in [4.78, 5) is 25.4. The third-order valence-electron chi connectivity index (χ3n) is 4.30. The Balaban J connectivity index is 2.19. The van der Waals surface area contributed by atoms with Gasteiger partial charge in [0, 0.05) is 24.7 Å². The molecule has 0 spiro atoms. The van der Waals surface area contributed by atoms with Crippen LogP contribution < -0.4 is 10.2 Å². The first-order chi connectivity index (χ1) is 11.7. The molecule has 0 radical (unpaired) electrons. The van der Waals surface area contributed by atoms with E-state index in [-0.39, 0.29) is 29.3 Å². The predicted molar refractivity (Wildman–Crippen MR) is 97.0 cm³/mol. The minimum Gasteiger partial charge on any atom is -0.394 e. The fraction of sp³-hybridized carbons (Fsp3) is 0.611. The molecule has 1 unspecified atom stereocenters. The molecule has 1 atom stereocenters. The number of benzene rings is 1. The molecule has 1 aliphatic rings. The van der Waals surface area contributed by atoms with Crippen LogP contribution in [-0.2, 0) is 0 Å². The number of hydrogen-bond acceptors (Lipinski definition) is 5. The number of hydrogen-bond donors (Lipinski definition) is 2. The van der Waals surface area contributed by atoms with Crippen molar-refractivity contribution in [2.75, 3.05) is 24.6 Å². The van der Waals surface area contributed by atoms with E-state index in [1.165, 1.54) is 6.07 Å². The monoisotopic (exact) mass is 349 g/mol. The average Bonchev–Trinajstić information content (AvgIpc) is 3.06. The molecule has 1 fully saturated rings. The van der Waals surface area contributed by atoms with Gasteiger partial charge in [0.05, 0.1) is 17.6 Å². The number of rotatable bonds is 6. The van der Waals surface area contributed by atoms with Crippen molar-refractivity contribution in [3.8, 4) is 0 Å². The molecule has 2 N–H and O–H groups in total. The summed E-state index contributed by atoms with van der Waals surface area (Å²) in [6.07, 6.45) is 2.65. The van der Waals surface area contributed by atoms with Crippen LogP contribution in [-0.4, -0.2) is 41.7 Å². The molecule has 1 amide bonds. The molecule has 25 heavy (non-hydrogen) atoms. The molecule has 0 bridgehead atoms. The van der Waals surface area contributed by atoms with E-state index in [4.69, 9.17) is 0 Å². The van der Waals surface area contributed by atoms with Gasteiger partial charge >= 0.3 is 0 Å². The first kappa shape index (κ1) is 19.2. The fourth-order valence-electron chi connectivity index (χ4n) is 3.21. The number of aliphatic hydroxyl groups is 1. The molecule has 1 aromatic carbocycles. The van der Waals surface area contributed by atoms with Crippen LogP contribution in [0.1, 0.15) is 50.4 Å². The van der Waals surface area contributed by atoms with Crippen LogP contribution in [0.3, 0.4) is 0 Å². The predicted octanol–water partition coefficient (Wildman–Crippen LogP) is 2.72. The van der Waals surface area contributed by atoms with Gasteiger partial charge in [0.25, 0.3) is 11.6 Å². The molecule has 1 aliphatic heterocycles. The maximum absolute atomic E-state index is 12.4. The molecule has 1 heterocycles. The highest BCUT2D eigenvalue weighted by atomic mass is 16.6. The maximum atomic E-state index is 12.4. The molecule has 0 aliphatic carbocycles. The lowest BCUT2D eigenvalue weighted by atomic mass is 9.88. The lowest BCUT2D eigenvalue weighted by Crippen LogP contribution is -2.40. The van der Waals surface area contributed by atoms with Gasteiger partial charge in [0.15, 0.2) is 0 Å². The minimum atomic E-state index is -0.441. The molecule has 2 rings (SSSR count). The summed E-state index contributed by atoms with van der Waals surface area (Å²) in [7, 11) is 0. The van der Waals surface area contributed by atoms with Gasteiger partial charge in [0.2, 0.25) is 0 Å². The van der Waals surface area contributed by atoms with Gasteiger partial charge in [-0.1, -0.05) is 20.8 Å². The molecule has 1 saturated heterocycles. The van der Waals surface area contributed by atoms with Gasteiger partial charge in [-0.15, -0.1) is 0 Å². The third kappa shape index (κ3) is 5.16. The summed E-state index contributed by atoms with van der Waals surface area (Å²) in [5, 5.41) is 23.7. The van der Waals surface area contributed by atoms with Crippen molar-refractivity contribution in [1.82, 2.24) is 5.32 Å².